The van der Waals surface area contributed by atoms with Crippen molar-refractivity contribution in [2.75, 3.05) is 13.1 Å². The second-order valence-electron chi connectivity index (χ2n) is 9.67. The molecule has 1 spiro atoms. The maximum Gasteiger partial charge on any atom is 0.232 e. The molecule has 0 N–H and O–H groups in total. The molecule has 1 aromatic heterocycles. The van der Waals surface area contributed by atoms with Crippen LogP contribution < -0.4 is 0 Å². The van der Waals surface area contributed by atoms with Gasteiger partial charge in [0.2, 0.25) is 11.8 Å². The van der Waals surface area contributed by atoms with Crippen LogP contribution in [0.2, 0.25) is 0 Å². The van der Waals surface area contributed by atoms with Gasteiger partial charge in [0.05, 0.1) is 27.5 Å². The number of hydrogen-bond acceptors (Lipinski definition) is 4. The largest absolute Gasteiger partial charge is 0.342 e. The van der Waals surface area contributed by atoms with Crippen molar-refractivity contribution in [2.45, 2.75) is 89.6 Å². The van der Waals surface area contributed by atoms with Gasteiger partial charge < -0.3 is 9.80 Å². The van der Waals surface area contributed by atoms with Crippen molar-refractivity contribution in [3.8, 4) is 0 Å². The summed E-state index contributed by atoms with van der Waals surface area (Å²) in [5.41, 5.74) is 2.86. The molecule has 1 aromatic rings. The molecular formula is C23H33N3O2S. The lowest BCUT2D eigenvalue weighted by molar-refractivity contribution is -0.181. The number of piperidine rings is 1. The van der Waals surface area contributed by atoms with Gasteiger partial charge in [0.1, 0.15) is 0 Å². The van der Waals surface area contributed by atoms with Gasteiger partial charge in [-0.1, -0.05) is 32.1 Å². The summed E-state index contributed by atoms with van der Waals surface area (Å²) in [6.07, 6.45) is 12.1. The summed E-state index contributed by atoms with van der Waals surface area (Å²) in [7, 11) is 0. The highest BCUT2D eigenvalue weighted by Crippen LogP contribution is 2.61. The van der Waals surface area contributed by atoms with Crippen molar-refractivity contribution in [3.05, 3.63) is 16.1 Å². The van der Waals surface area contributed by atoms with Gasteiger partial charge in [0.15, 0.2) is 0 Å². The first-order chi connectivity index (χ1) is 14.1. The number of carbonyl (C=O) groups is 2. The lowest BCUT2D eigenvalue weighted by Gasteiger charge is -2.58. The van der Waals surface area contributed by atoms with E-state index < -0.39 is 0 Å². The molecule has 2 saturated carbocycles. The molecule has 1 atom stereocenters. The van der Waals surface area contributed by atoms with E-state index in [0.29, 0.717) is 11.8 Å². The smallest absolute Gasteiger partial charge is 0.232 e. The van der Waals surface area contributed by atoms with Crippen LogP contribution >= 0.6 is 11.3 Å². The van der Waals surface area contributed by atoms with Gasteiger partial charge in [0.25, 0.3) is 0 Å². The van der Waals surface area contributed by atoms with Crippen LogP contribution in [0.1, 0.15) is 87.2 Å². The van der Waals surface area contributed by atoms with Crippen LogP contribution in [-0.2, 0) is 9.59 Å². The second kappa shape index (κ2) is 7.68. The van der Waals surface area contributed by atoms with Crippen LogP contribution in [0.5, 0.6) is 0 Å². The number of thiazole rings is 1. The summed E-state index contributed by atoms with van der Waals surface area (Å²) in [4.78, 5) is 36.4. The van der Waals surface area contributed by atoms with E-state index in [1.165, 1.54) is 37.0 Å². The number of rotatable bonds is 3. The van der Waals surface area contributed by atoms with Gasteiger partial charge in [-0.3, -0.25) is 9.59 Å². The number of aryl methyl sites for hydroxylation is 1. The highest BCUT2D eigenvalue weighted by Gasteiger charge is 2.64. The maximum atomic E-state index is 13.4. The highest BCUT2D eigenvalue weighted by atomic mass is 32.1. The van der Waals surface area contributed by atoms with Crippen LogP contribution in [-0.4, -0.2) is 45.7 Å². The van der Waals surface area contributed by atoms with Crippen molar-refractivity contribution in [1.29, 1.82) is 0 Å². The molecule has 2 aliphatic carbocycles. The van der Waals surface area contributed by atoms with E-state index in [0.717, 1.165) is 57.3 Å². The van der Waals surface area contributed by atoms with Gasteiger partial charge in [0, 0.05) is 25.0 Å². The van der Waals surface area contributed by atoms with Gasteiger partial charge in [-0.2, -0.15) is 0 Å². The molecule has 5 rings (SSSR count). The quantitative estimate of drug-likeness (QED) is 0.685. The summed E-state index contributed by atoms with van der Waals surface area (Å²) < 4.78 is 0. The lowest BCUT2D eigenvalue weighted by atomic mass is 9.67. The van der Waals surface area contributed by atoms with Crippen molar-refractivity contribution >= 4 is 23.2 Å². The molecule has 0 bridgehead atoms. The van der Waals surface area contributed by atoms with Crippen molar-refractivity contribution < 1.29 is 9.59 Å². The molecule has 0 aromatic carbocycles. The van der Waals surface area contributed by atoms with Crippen LogP contribution in [0.25, 0.3) is 0 Å². The van der Waals surface area contributed by atoms with Crippen molar-refractivity contribution in [1.82, 2.24) is 14.8 Å². The minimum atomic E-state index is -0.160. The number of β-lactam (4-membered cyclic amide) rings is 1. The lowest BCUT2D eigenvalue weighted by Crippen LogP contribution is -2.66. The molecule has 2 saturated heterocycles. The molecule has 2 aliphatic heterocycles. The molecule has 158 valence electrons. The third-order valence-electron chi connectivity index (χ3n) is 8.11. The van der Waals surface area contributed by atoms with E-state index in [4.69, 9.17) is 0 Å². The van der Waals surface area contributed by atoms with E-state index in [1.807, 2.05) is 5.51 Å². The molecular weight excluding hydrogens is 382 g/mol. The monoisotopic (exact) mass is 415 g/mol. The van der Waals surface area contributed by atoms with Crippen LogP contribution in [0.3, 0.4) is 0 Å². The zero-order chi connectivity index (χ0) is 20.0. The summed E-state index contributed by atoms with van der Waals surface area (Å²) in [6.45, 7) is 3.71. The zero-order valence-electron chi connectivity index (χ0n) is 17.6. The van der Waals surface area contributed by atoms with E-state index in [1.54, 1.807) is 11.3 Å². The molecule has 4 aliphatic rings. The molecule has 6 heteroatoms. The average molecular weight is 416 g/mol. The van der Waals surface area contributed by atoms with Gasteiger partial charge >= 0.3 is 0 Å². The Morgan fingerprint density at radius 2 is 1.76 bits per heavy atom. The SMILES string of the molecule is Cc1ncsc1C1N(C2CCN(C(=O)C3CCCCC3)CC2)C(=O)C12CCCC2. The first-order valence-electron chi connectivity index (χ1n) is 11.6. The normalized spacial score (nSPS) is 28.2. The Morgan fingerprint density at radius 1 is 1.07 bits per heavy atom. The Morgan fingerprint density at radius 3 is 2.38 bits per heavy atom. The summed E-state index contributed by atoms with van der Waals surface area (Å²) in [5.74, 6) is 1.00. The van der Waals surface area contributed by atoms with Gasteiger partial charge in [-0.25, -0.2) is 4.98 Å². The topological polar surface area (TPSA) is 53.5 Å². The van der Waals surface area contributed by atoms with Crippen LogP contribution in [0.15, 0.2) is 5.51 Å². The first-order valence-corrected chi connectivity index (χ1v) is 12.5. The fraction of sp³-hybridized carbons (Fsp3) is 0.783. The fourth-order valence-electron chi connectivity index (χ4n) is 6.48. The predicted molar refractivity (Wildman–Crippen MR) is 114 cm³/mol. The van der Waals surface area contributed by atoms with E-state index in [-0.39, 0.29) is 23.4 Å². The maximum absolute atomic E-state index is 13.4. The molecule has 0 radical (unpaired) electrons. The van der Waals surface area contributed by atoms with Gasteiger partial charge in [-0.05, 0) is 45.4 Å². The summed E-state index contributed by atoms with van der Waals surface area (Å²) in [5, 5.41) is 0. The summed E-state index contributed by atoms with van der Waals surface area (Å²) in [6, 6.07) is 0.492. The van der Waals surface area contributed by atoms with Crippen LogP contribution in [0.4, 0.5) is 0 Å². The van der Waals surface area contributed by atoms with Gasteiger partial charge in [-0.15, -0.1) is 11.3 Å². The molecule has 29 heavy (non-hydrogen) atoms. The number of carbonyl (C=O) groups excluding carboxylic acids is 2. The Labute approximate surface area is 177 Å². The highest BCUT2D eigenvalue weighted by molar-refractivity contribution is 7.09. The third-order valence-corrected chi connectivity index (χ3v) is 9.10. The Hall–Kier alpha value is -1.43. The number of amides is 2. The van der Waals surface area contributed by atoms with Crippen LogP contribution in [0, 0.1) is 18.3 Å². The molecule has 4 fully saturated rings. The van der Waals surface area contributed by atoms with Crippen molar-refractivity contribution in [3.63, 3.8) is 0 Å². The minimum Gasteiger partial charge on any atom is -0.342 e. The average Bonchev–Trinajstić information content (AvgIpc) is 3.43. The minimum absolute atomic E-state index is 0.160. The zero-order valence-corrected chi connectivity index (χ0v) is 18.4. The van der Waals surface area contributed by atoms with E-state index in [9.17, 15) is 9.59 Å². The predicted octanol–water partition coefficient (Wildman–Crippen LogP) is 4.47. The molecule has 3 heterocycles. The Bertz CT molecular complexity index is 771. The number of aromatic nitrogens is 1. The first kappa shape index (κ1) is 19.5. The molecule has 2 amide bonds. The van der Waals surface area contributed by atoms with Crippen molar-refractivity contribution in [2.24, 2.45) is 11.3 Å². The number of hydrogen-bond donors (Lipinski definition) is 0. The fourth-order valence-corrected chi connectivity index (χ4v) is 7.50. The Kier molecular flexibility index (Phi) is 5.17. The Balaban J connectivity index is 1.29. The molecule has 5 nitrogen and oxygen atoms in total. The van der Waals surface area contributed by atoms with E-state index in [2.05, 4.69) is 21.7 Å². The standard InChI is InChI=1S/C23H33N3O2S/c1-16-19(29-15-24-16)20-23(11-5-6-12-23)22(28)26(20)18-9-13-25(14-10-18)21(27)17-7-3-2-4-8-17/h15,17-18,20H,2-14H2,1H3. The second-order valence-corrected chi connectivity index (χ2v) is 10.6. The van der Waals surface area contributed by atoms with E-state index >= 15 is 0 Å². The number of likely N-dealkylation sites (tertiary alicyclic amines) is 2. The third kappa shape index (κ3) is 3.13. The molecule has 1 unspecified atom stereocenters. The number of nitrogens with zero attached hydrogens (tertiary/aromatic N) is 3. The summed E-state index contributed by atoms with van der Waals surface area (Å²) >= 11 is 1.72.